The van der Waals surface area contributed by atoms with Gasteiger partial charge in [0, 0.05) is 21.5 Å². The second-order valence-corrected chi connectivity index (χ2v) is 6.31. The molecule has 5 nitrogen and oxygen atoms in total. The molecule has 0 aliphatic heterocycles. The number of aryl methyl sites for hydroxylation is 3. The molecule has 1 N–H and O–H groups in total. The number of pyridine rings is 1. The van der Waals surface area contributed by atoms with Crippen LogP contribution in [0, 0.1) is 30.9 Å². The molecular weight excluding hydrogens is 274 g/mol. The van der Waals surface area contributed by atoms with Crippen LogP contribution in [0.15, 0.2) is 18.3 Å². The van der Waals surface area contributed by atoms with Crippen molar-refractivity contribution in [2.75, 3.05) is 5.32 Å². The van der Waals surface area contributed by atoms with Crippen molar-refractivity contribution in [3.05, 3.63) is 49.3 Å². The van der Waals surface area contributed by atoms with E-state index in [-0.39, 0.29) is 16.7 Å². The Balaban J connectivity index is 2.24. The molecule has 0 aromatic carbocycles. The SMILES string of the molecule is Cc1cc(C(C)Nc2cc([N+](=O)[O-])c(C)cn2)c(C)s1. The molecule has 20 heavy (non-hydrogen) atoms. The number of aromatic nitrogens is 1. The lowest BCUT2D eigenvalue weighted by Gasteiger charge is -2.14. The van der Waals surface area contributed by atoms with Crippen LogP contribution in [0.3, 0.4) is 0 Å². The van der Waals surface area contributed by atoms with Crippen molar-refractivity contribution in [2.45, 2.75) is 33.7 Å². The summed E-state index contributed by atoms with van der Waals surface area (Å²) in [6.07, 6.45) is 1.53. The van der Waals surface area contributed by atoms with E-state index >= 15 is 0 Å². The van der Waals surface area contributed by atoms with Gasteiger partial charge >= 0.3 is 0 Å². The highest BCUT2D eigenvalue weighted by Gasteiger charge is 2.15. The van der Waals surface area contributed by atoms with E-state index in [0.717, 1.165) is 0 Å². The van der Waals surface area contributed by atoms with Gasteiger partial charge in [0.2, 0.25) is 0 Å². The van der Waals surface area contributed by atoms with Crippen molar-refractivity contribution in [1.29, 1.82) is 0 Å². The summed E-state index contributed by atoms with van der Waals surface area (Å²) in [6, 6.07) is 3.69. The molecule has 2 rings (SSSR count). The van der Waals surface area contributed by atoms with Gasteiger partial charge in [0.25, 0.3) is 5.69 Å². The van der Waals surface area contributed by atoms with E-state index in [2.05, 4.69) is 30.2 Å². The molecule has 1 unspecified atom stereocenters. The number of hydrogen-bond acceptors (Lipinski definition) is 5. The van der Waals surface area contributed by atoms with Crippen molar-refractivity contribution < 1.29 is 4.92 Å². The summed E-state index contributed by atoms with van der Waals surface area (Å²) in [5, 5.41) is 14.2. The van der Waals surface area contributed by atoms with Crippen LogP contribution >= 0.6 is 11.3 Å². The Kier molecular flexibility index (Phi) is 4.04. The molecule has 0 saturated carbocycles. The van der Waals surface area contributed by atoms with Crippen molar-refractivity contribution in [3.8, 4) is 0 Å². The topological polar surface area (TPSA) is 68.1 Å². The van der Waals surface area contributed by atoms with E-state index in [1.807, 2.05) is 6.92 Å². The molecule has 0 aliphatic rings. The minimum absolute atomic E-state index is 0.0646. The van der Waals surface area contributed by atoms with Crippen LogP contribution in [0.2, 0.25) is 0 Å². The molecule has 0 radical (unpaired) electrons. The average Bonchev–Trinajstić information content (AvgIpc) is 2.70. The third kappa shape index (κ3) is 2.96. The molecule has 2 aromatic rings. The van der Waals surface area contributed by atoms with E-state index in [1.165, 1.54) is 27.6 Å². The first-order valence-electron chi connectivity index (χ1n) is 6.33. The van der Waals surface area contributed by atoms with Crippen LogP contribution < -0.4 is 5.32 Å². The van der Waals surface area contributed by atoms with Crippen molar-refractivity contribution in [1.82, 2.24) is 4.98 Å². The lowest BCUT2D eigenvalue weighted by atomic mass is 10.1. The molecule has 0 fully saturated rings. The molecule has 0 amide bonds. The van der Waals surface area contributed by atoms with Crippen LogP contribution in [0.25, 0.3) is 0 Å². The van der Waals surface area contributed by atoms with Crippen LogP contribution in [-0.2, 0) is 0 Å². The zero-order chi connectivity index (χ0) is 14.9. The Bertz CT molecular complexity index is 652. The van der Waals surface area contributed by atoms with Gasteiger partial charge < -0.3 is 5.32 Å². The number of thiophene rings is 1. The summed E-state index contributed by atoms with van der Waals surface area (Å²) in [6.45, 7) is 7.87. The molecule has 0 spiro atoms. The molecular formula is C14H17N3O2S. The van der Waals surface area contributed by atoms with Crippen LogP contribution in [0.4, 0.5) is 11.5 Å². The zero-order valence-corrected chi connectivity index (χ0v) is 12.7. The van der Waals surface area contributed by atoms with Crippen LogP contribution in [0.5, 0.6) is 0 Å². The van der Waals surface area contributed by atoms with Crippen molar-refractivity contribution in [2.24, 2.45) is 0 Å². The van der Waals surface area contributed by atoms with Gasteiger partial charge in [-0.2, -0.15) is 0 Å². The Morgan fingerprint density at radius 3 is 2.60 bits per heavy atom. The van der Waals surface area contributed by atoms with Crippen LogP contribution in [-0.4, -0.2) is 9.91 Å². The van der Waals surface area contributed by atoms with Crippen molar-refractivity contribution in [3.63, 3.8) is 0 Å². The van der Waals surface area contributed by atoms with Crippen LogP contribution in [0.1, 0.15) is 33.8 Å². The third-order valence-electron chi connectivity index (χ3n) is 3.18. The number of nitrogens with zero attached hydrogens (tertiary/aromatic N) is 2. The third-order valence-corrected chi connectivity index (χ3v) is 4.16. The predicted molar refractivity (Wildman–Crippen MR) is 81.5 cm³/mol. The first kappa shape index (κ1) is 14.5. The number of nitrogens with one attached hydrogen (secondary N) is 1. The summed E-state index contributed by atoms with van der Waals surface area (Å²) in [5.41, 5.74) is 1.86. The maximum Gasteiger partial charge on any atom is 0.277 e. The zero-order valence-electron chi connectivity index (χ0n) is 11.9. The predicted octanol–water partition coefficient (Wildman–Crippen LogP) is 4.15. The van der Waals surface area contributed by atoms with Crippen molar-refractivity contribution >= 4 is 22.8 Å². The monoisotopic (exact) mass is 291 g/mol. The Morgan fingerprint density at radius 1 is 1.35 bits per heavy atom. The minimum Gasteiger partial charge on any atom is -0.363 e. The van der Waals surface area contributed by atoms with Gasteiger partial charge in [-0.25, -0.2) is 4.98 Å². The highest BCUT2D eigenvalue weighted by atomic mass is 32.1. The van der Waals surface area contributed by atoms with Gasteiger partial charge in [0.05, 0.1) is 17.0 Å². The number of hydrogen-bond donors (Lipinski definition) is 1. The highest BCUT2D eigenvalue weighted by Crippen LogP contribution is 2.29. The molecule has 0 aliphatic carbocycles. The second-order valence-electron chi connectivity index (χ2n) is 4.85. The first-order chi connectivity index (χ1) is 9.38. The largest absolute Gasteiger partial charge is 0.363 e. The standard InChI is InChI=1S/C14H17N3O2S/c1-8-7-15-14(6-13(8)17(18)19)16-10(3)12-5-9(2)20-11(12)4/h5-7,10H,1-4H3,(H,15,16). The lowest BCUT2D eigenvalue weighted by molar-refractivity contribution is -0.385. The molecule has 2 aromatic heterocycles. The molecule has 1 atom stereocenters. The molecule has 106 valence electrons. The fraction of sp³-hybridized carbons (Fsp3) is 0.357. The maximum atomic E-state index is 10.9. The van der Waals surface area contributed by atoms with Gasteiger partial charge in [-0.15, -0.1) is 11.3 Å². The molecule has 0 bridgehead atoms. The van der Waals surface area contributed by atoms with Gasteiger partial charge in [0.15, 0.2) is 0 Å². The molecule has 0 saturated heterocycles. The minimum atomic E-state index is -0.382. The van der Waals surface area contributed by atoms with E-state index in [4.69, 9.17) is 0 Å². The summed E-state index contributed by atoms with van der Waals surface area (Å²) in [5.74, 6) is 0.526. The van der Waals surface area contributed by atoms with E-state index in [0.29, 0.717) is 11.4 Å². The fourth-order valence-corrected chi connectivity index (χ4v) is 3.19. The lowest BCUT2D eigenvalue weighted by Crippen LogP contribution is -2.08. The van der Waals surface area contributed by atoms with Gasteiger partial charge in [-0.3, -0.25) is 10.1 Å². The highest BCUT2D eigenvalue weighted by molar-refractivity contribution is 7.12. The summed E-state index contributed by atoms with van der Waals surface area (Å²) < 4.78 is 0. The van der Waals surface area contributed by atoms with Gasteiger partial charge in [0.1, 0.15) is 5.82 Å². The molecule has 2 heterocycles. The number of nitro groups is 1. The maximum absolute atomic E-state index is 10.9. The average molecular weight is 291 g/mol. The first-order valence-corrected chi connectivity index (χ1v) is 7.14. The quantitative estimate of drug-likeness (QED) is 0.678. The molecule has 6 heteroatoms. The smallest absolute Gasteiger partial charge is 0.277 e. The number of rotatable bonds is 4. The second kappa shape index (κ2) is 5.58. The fourth-order valence-electron chi connectivity index (χ4n) is 2.17. The Labute approximate surface area is 121 Å². The van der Waals surface area contributed by atoms with E-state index < -0.39 is 0 Å². The normalized spacial score (nSPS) is 12.2. The summed E-state index contributed by atoms with van der Waals surface area (Å²) in [7, 11) is 0. The van der Waals surface area contributed by atoms with Gasteiger partial charge in [-0.05, 0) is 39.3 Å². The van der Waals surface area contributed by atoms with E-state index in [9.17, 15) is 10.1 Å². The number of anilines is 1. The van der Waals surface area contributed by atoms with E-state index in [1.54, 1.807) is 18.3 Å². The summed E-state index contributed by atoms with van der Waals surface area (Å²) in [4.78, 5) is 17.3. The Morgan fingerprint density at radius 2 is 2.05 bits per heavy atom. The summed E-state index contributed by atoms with van der Waals surface area (Å²) >= 11 is 1.75. The Hall–Kier alpha value is -1.95. The van der Waals surface area contributed by atoms with Gasteiger partial charge in [-0.1, -0.05) is 0 Å².